The second-order valence-electron chi connectivity index (χ2n) is 5.57. The molecule has 21 heavy (non-hydrogen) atoms. The first-order valence-corrected chi connectivity index (χ1v) is 7.43. The molecule has 2 atom stereocenters. The van der Waals surface area contributed by atoms with Crippen molar-refractivity contribution in [3.8, 4) is 0 Å². The maximum atomic E-state index is 11.1. The molecule has 0 radical (unpaired) electrons. The van der Waals surface area contributed by atoms with Crippen LogP contribution in [0, 0.1) is 10.1 Å². The Labute approximate surface area is 125 Å². The minimum atomic E-state index is -0.338. The molecule has 1 saturated heterocycles. The van der Waals surface area contributed by atoms with Crippen LogP contribution in [0.3, 0.4) is 0 Å². The van der Waals surface area contributed by atoms with Crippen LogP contribution < -0.4 is 10.2 Å². The smallest absolute Gasteiger partial charge is 0.273 e. The zero-order valence-corrected chi connectivity index (χ0v) is 12.8. The van der Waals surface area contributed by atoms with Crippen LogP contribution in [-0.2, 0) is 4.74 Å². The topological polar surface area (TPSA) is 67.6 Å². The van der Waals surface area contributed by atoms with Gasteiger partial charge in [-0.25, -0.2) is 0 Å². The Hall–Kier alpha value is -1.82. The van der Waals surface area contributed by atoms with Gasteiger partial charge in [0.05, 0.1) is 17.6 Å². The molecular weight excluding hydrogens is 270 g/mol. The number of nitrogens with one attached hydrogen (secondary N) is 1. The molecule has 0 amide bonds. The summed E-state index contributed by atoms with van der Waals surface area (Å²) in [6.07, 6.45) is 1.11. The number of non-ortho nitro benzene ring substituents is 1. The van der Waals surface area contributed by atoms with Crippen molar-refractivity contribution < 1.29 is 9.66 Å². The van der Waals surface area contributed by atoms with Crippen molar-refractivity contribution in [2.45, 2.75) is 39.3 Å². The van der Waals surface area contributed by atoms with Crippen LogP contribution in [-0.4, -0.2) is 36.8 Å². The third kappa shape index (κ3) is 3.85. The number of hydrogen-bond acceptors (Lipinski definition) is 5. The van der Waals surface area contributed by atoms with Crippen molar-refractivity contribution in [2.24, 2.45) is 0 Å². The minimum Gasteiger partial charge on any atom is -0.385 e. The SMILES string of the molecule is CCCNc1cc(N2CC(C)OCC2C)cc([N+](=O)[O-])c1. The lowest BCUT2D eigenvalue weighted by Gasteiger charge is -2.38. The number of morpholine rings is 1. The van der Waals surface area contributed by atoms with Gasteiger partial charge in [0.2, 0.25) is 0 Å². The van der Waals surface area contributed by atoms with Gasteiger partial charge in [-0.2, -0.15) is 0 Å². The summed E-state index contributed by atoms with van der Waals surface area (Å²) >= 11 is 0. The number of nitro groups is 1. The highest BCUT2D eigenvalue weighted by atomic mass is 16.6. The molecule has 1 N–H and O–H groups in total. The normalized spacial score (nSPS) is 22.1. The average molecular weight is 293 g/mol. The molecule has 6 nitrogen and oxygen atoms in total. The van der Waals surface area contributed by atoms with E-state index in [1.807, 2.05) is 13.0 Å². The van der Waals surface area contributed by atoms with Gasteiger partial charge in [-0.1, -0.05) is 6.92 Å². The maximum Gasteiger partial charge on any atom is 0.273 e. The lowest BCUT2D eigenvalue weighted by atomic mass is 10.1. The number of anilines is 2. The molecule has 1 aliphatic heterocycles. The van der Waals surface area contributed by atoms with E-state index < -0.39 is 0 Å². The molecule has 1 aromatic rings. The zero-order valence-electron chi connectivity index (χ0n) is 12.8. The van der Waals surface area contributed by atoms with Crippen LogP contribution in [0.5, 0.6) is 0 Å². The summed E-state index contributed by atoms with van der Waals surface area (Å²) in [5, 5.41) is 14.4. The predicted octanol–water partition coefficient (Wildman–Crippen LogP) is 3.03. The van der Waals surface area contributed by atoms with Crippen molar-refractivity contribution in [1.29, 1.82) is 0 Å². The average Bonchev–Trinajstić information content (AvgIpc) is 2.47. The van der Waals surface area contributed by atoms with Crippen molar-refractivity contribution >= 4 is 17.1 Å². The van der Waals surface area contributed by atoms with E-state index in [-0.39, 0.29) is 22.8 Å². The summed E-state index contributed by atoms with van der Waals surface area (Å²) in [5.74, 6) is 0. The van der Waals surface area contributed by atoms with Gasteiger partial charge in [-0.05, 0) is 26.3 Å². The number of rotatable bonds is 5. The molecule has 0 aromatic heterocycles. The largest absolute Gasteiger partial charge is 0.385 e. The molecule has 1 aliphatic rings. The van der Waals surface area contributed by atoms with Crippen LogP contribution in [0.1, 0.15) is 27.2 Å². The molecule has 6 heteroatoms. The Morgan fingerprint density at radius 3 is 2.86 bits per heavy atom. The van der Waals surface area contributed by atoms with E-state index in [0.717, 1.165) is 30.9 Å². The maximum absolute atomic E-state index is 11.1. The molecule has 1 fully saturated rings. The molecule has 2 rings (SSSR count). The molecule has 0 bridgehead atoms. The van der Waals surface area contributed by atoms with Crippen molar-refractivity contribution in [3.63, 3.8) is 0 Å². The van der Waals surface area contributed by atoms with E-state index in [9.17, 15) is 10.1 Å². The fourth-order valence-electron chi connectivity index (χ4n) is 2.50. The van der Waals surface area contributed by atoms with Gasteiger partial charge in [-0.3, -0.25) is 10.1 Å². The molecule has 2 unspecified atom stereocenters. The Bertz CT molecular complexity index is 507. The highest BCUT2D eigenvalue weighted by Crippen LogP contribution is 2.30. The standard InChI is InChI=1S/C15H23N3O3/c1-4-5-16-13-6-14(8-15(7-13)18(19)20)17-9-12(3)21-10-11(17)2/h6-8,11-12,16H,4-5,9-10H2,1-3H3. The van der Waals surface area contributed by atoms with Gasteiger partial charge in [0, 0.05) is 42.6 Å². The monoisotopic (exact) mass is 293 g/mol. The van der Waals surface area contributed by atoms with Crippen LogP contribution in [0.2, 0.25) is 0 Å². The third-order valence-corrected chi connectivity index (χ3v) is 3.63. The number of nitrogens with zero attached hydrogens (tertiary/aromatic N) is 2. The summed E-state index contributed by atoms with van der Waals surface area (Å²) in [7, 11) is 0. The Balaban J connectivity index is 2.32. The van der Waals surface area contributed by atoms with Gasteiger partial charge < -0.3 is 15.0 Å². The molecule has 0 aliphatic carbocycles. The van der Waals surface area contributed by atoms with Crippen molar-refractivity contribution in [1.82, 2.24) is 0 Å². The van der Waals surface area contributed by atoms with Crippen molar-refractivity contribution in [3.05, 3.63) is 28.3 Å². The summed E-state index contributed by atoms with van der Waals surface area (Å²) in [5.41, 5.74) is 1.80. The predicted molar refractivity (Wildman–Crippen MR) is 84.1 cm³/mol. The second kappa shape index (κ2) is 6.76. The highest BCUT2D eigenvalue weighted by molar-refractivity contribution is 5.65. The molecule has 0 saturated carbocycles. The number of nitro benzene ring substituents is 1. The number of hydrogen-bond donors (Lipinski definition) is 1. The summed E-state index contributed by atoms with van der Waals surface area (Å²) in [4.78, 5) is 13.0. The molecule has 116 valence electrons. The van der Waals surface area contributed by atoms with E-state index in [0.29, 0.717) is 6.61 Å². The van der Waals surface area contributed by atoms with E-state index >= 15 is 0 Å². The van der Waals surface area contributed by atoms with Gasteiger partial charge in [0.25, 0.3) is 5.69 Å². The van der Waals surface area contributed by atoms with Crippen LogP contribution in [0.15, 0.2) is 18.2 Å². The molecule has 1 aromatic carbocycles. The third-order valence-electron chi connectivity index (χ3n) is 3.63. The molecular formula is C15H23N3O3. The van der Waals surface area contributed by atoms with Crippen LogP contribution >= 0.6 is 0 Å². The van der Waals surface area contributed by atoms with E-state index in [4.69, 9.17) is 4.74 Å². The van der Waals surface area contributed by atoms with Gasteiger partial charge >= 0.3 is 0 Å². The quantitative estimate of drug-likeness (QED) is 0.667. The van der Waals surface area contributed by atoms with Crippen LogP contribution in [0.25, 0.3) is 0 Å². The second-order valence-corrected chi connectivity index (χ2v) is 5.57. The first kappa shape index (κ1) is 15.6. The van der Waals surface area contributed by atoms with Gasteiger partial charge in [-0.15, -0.1) is 0 Å². The molecule has 0 spiro atoms. The Morgan fingerprint density at radius 2 is 2.19 bits per heavy atom. The summed E-state index contributed by atoms with van der Waals surface area (Å²) in [6.45, 7) is 8.35. The van der Waals surface area contributed by atoms with Gasteiger partial charge in [0.15, 0.2) is 0 Å². The fourth-order valence-corrected chi connectivity index (χ4v) is 2.50. The Kier molecular flexibility index (Phi) is 5.01. The highest BCUT2D eigenvalue weighted by Gasteiger charge is 2.25. The van der Waals surface area contributed by atoms with E-state index in [2.05, 4.69) is 24.1 Å². The fraction of sp³-hybridized carbons (Fsp3) is 0.600. The van der Waals surface area contributed by atoms with Crippen LogP contribution in [0.4, 0.5) is 17.1 Å². The zero-order chi connectivity index (χ0) is 15.4. The van der Waals surface area contributed by atoms with Gasteiger partial charge in [0.1, 0.15) is 0 Å². The lowest BCUT2D eigenvalue weighted by molar-refractivity contribution is -0.384. The Morgan fingerprint density at radius 1 is 1.43 bits per heavy atom. The minimum absolute atomic E-state index is 0.123. The molecule has 1 heterocycles. The summed E-state index contributed by atoms with van der Waals surface area (Å²) in [6, 6.07) is 5.43. The summed E-state index contributed by atoms with van der Waals surface area (Å²) < 4.78 is 5.62. The lowest BCUT2D eigenvalue weighted by Crippen LogP contribution is -2.47. The van der Waals surface area contributed by atoms with Crippen molar-refractivity contribution in [2.75, 3.05) is 29.9 Å². The first-order valence-electron chi connectivity index (χ1n) is 7.43. The van der Waals surface area contributed by atoms with E-state index in [1.54, 1.807) is 12.1 Å². The first-order chi connectivity index (χ1) is 10.0. The van der Waals surface area contributed by atoms with E-state index in [1.165, 1.54) is 0 Å². The number of ether oxygens (including phenoxy) is 1. The number of benzene rings is 1.